The van der Waals surface area contributed by atoms with Gasteiger partial charge in [-0.3, -0.25) is 0 Å². The van der Waals surface area contributed by atoms with E-state index in [1.807, 2.05) is 26.0 Å². The molecule has 2 aromatic rings. The molecule has 1 atom stereocenters. The molecular weight excluding hydrogens is 331 g/mol. The summed E-state index contributed by atoms with van der Waals surface area (Å²) in [6.07, 6.45) is 0.754. The van der Waals surface area contributed by atoms with E-state index in [9.17, 15) is 13.2 Å². The number of rotatable bonds is 5. The summed E-state index contributed by atoms with van der Waals surface area (Å²) in [6, 6.07) is 5.36. The molecule has 0 aliphatic carbocycles. The van der Waals surface area contributed by atoms with Gasteiger partial charge in [-0.25, -0.2) is 13.2 Å². The lowest BCUT2D eigenvalue weighted by Gasteiger charge is -2.29. The maximum Gasteiger partial charge on any atom is 0.194 e. The van der Waals surface area contributed by atoms with Crippen LogP contribution in [0.5, 0.6) is 11.5 Å². The van der Waals surface area contributed by atoms with E-state index < -0.39 is 23.5 Å². The molecule has 0 saturated carbocycles. The molecule has 134 valence electrons. The van der Waals surface area contributed by atoms with Crippen LogP contribution < -0.4 is 14.8 Å². The summed E-state index contributed by atoms with van der Waals surface area (Å²) in [7, 11) is 0. The van der Waals surface area contributed by atoms with Gasteiger partial charge in [-0.05, 0) is 61.2 Å². The Hall–Kier alpha value is -2.21. The van der Waals surface area contributed by atoms with Gasteiger partial charge in [0.15, 0.2) is 29.0 Å². The first kappa shape index (κ1) is 17.6. The van der Waals surface area contributed by atoms with Crippen LogP contribution in [0, 0.1) is 17.5 Å². The van der Waals surface area contributed by atoms with E-state index in [1.54, 1.807) is 0 Å². The number of hydrogen-bond donors (Lipinski definition) is 1. The molecule has 0 fully saturated rings. The fourth-order valence-electron chi connectivity index (χ4n) is 3.14. The quantitative estimate of drug-likeness (QED) is 0.822. The molecule has 0 aromatic heterocycles. The van der Waals surface area contributed by atoms with Crippen molar-refractivity contribution in [2.24, 2.45) is 0 Å². The highest BCUT2D eigenvalue weighted by Crippen LogP contribution is 2.38. The summed E-state index contributed by atoms with van der Waals surface area (Å²) in [6.45, 7) is 5.38. The lowest BCUT2D eigenvalue weighted by atomic mass is 9.89. The van der Waals surface area contributed by atoms with Gasteiger partial charge >= 0.3 is 0 Å². The van der Waals surface area contributed by atoms with Crippen LogP contribution in [0.2, 0.25) is 0 Å². The van der Waals surface area contributed by atoms with Crippen molar-refractivity contribution in [3.05, 3.63) is 58.4 Å². The van der Waals surface area contributed by atoms with Gasteiger partial charge in [0.25, 0.3) is 0 Å². The predicted molar refractivity (Wildman–Crippen MR) is 88.6 cm³/mol. The van der Waals surface area contributed by atoms with Crippen LogP contribution in [0.1, 0.15) is 36.6 Å². The monoisotopic (exact) mass is 351 g/mol. The molecule has 3 nitrogen and oxygen atoms in total. The molecule has 0 spiro atoms. The highest BCUT2D eigenvalue weighted by atomic mass is 19.2. The lowest BCUT2D eigenvalue weighted by molar-refractivity contribution is 0.286. The molecule has 1 aliphatic heterocycles. The molecule has 0 bridgehead atoms. The van der Waals surface area contributed by atoms with Crippen molar-refractivity contribution in [1.29, 1.82) is 0 Å². The molecular formula is C19H20F3NO2. The third-order valence-corrected chi connectivity index (χ3v) is 4.20. The van der Waals surface area contributed by atoms with Crippen molar-refractivity contribution < 1.29 is 22.6 Å². The maximum absolute atomic E-state index is 13.6. The summed E-state index contributed by atoms with van der Waals surface area (Å²) in [5.74, 6) is -2.61. The average Bonchev–Trinajstić information content (AvgIpc) is 2.59. The highest BCUT2D eigenvalue weighted by molar-refractivity contribution is 5.51. The van der Waals surface area contributed by atoms with Crippen LogP contribution in [0.4, 0.5) is 13.2 Å². The first-order chi connectivity index (χ1) is 12.0. The highest BCUT2D eigenvalue weighted by Gasteiger charge is 2.26. The Kier molecular flexibility index (Phi) is 5.18. The number of hydrogen-bond acceptors (Lipinski definition) is 3. The fraction of sp³-hybridized carbons (Fsp3) is 0.368. The molecule has 0 radical (unpaired) electrons. The Morgan fingerprint density at radius 1 is 0.960 bits per heavy atom. The largest absolute Gasteiger partial charge is 0.490 e. The lowest BCUT2D eigenvalue weighted by Crippen LogP contribution is -2.31. The second-order valence-corrected chi connectivity index (χ2v) is 5.80. The van der Waals surface area contributed by atoms with Gasteiger partial charge < -0.3 is 14.8 Å². The van der Waals surface area contributed by atoms with Crippen molar-refractivity contribution in [2.75, 3.05) is 19.8 Å². The molecule has 1 heterocycles. The normalized spacial score (nSPS) is 16.4. The zero-order valence-corrected chi connectivity index (χ0v) is 14.2. The standard InChI is InChI=1S/C19H20F3NO2/c1-3-24-16-9-11-5-6-23-19(13(11)10-17(16)25-4-2)12-7-14(20)18(22)15(21)8-12/h7-10,19,23H,3-6H2,1-2H3/t19-/m1/s1. The first-order valence-corrected chi connectivity index (χ1v) is 8.35. The van der Waals surface area contributed by atoms with Crippen molar-refractivity contribution >= 4 is 0 Å². The van der Waals surface area contributed by atoms with E-state index in [2.05, 4.69) is 5.32 Å². The van der Waals surface area contributed by atoms with Crippen molar-refractivity contribution in [3.63, 3.8) is 0 Å². The Morgan fingerprint density at radius 2 is 1.56 bits per heavy atom. The SMILES string of the molecule is CCOc1cc2c(cc1OCC)[C@@H](c1cc(F)c(F)c(F)c1)NCC2. The van der Waals surface area contributed by atoms with E-state index in [-0.39, 0.29) is 0 Å². The number of nitrogens with one attached hydrogen (secondary N) is 1. The summed E-state index contributed by atoms with van der Waals surface area (Å²) >= 11 is 0. The zero-order chi connectivity index (χ0) is 18.0. The van der Waals surface area contributed by atoms with Crippen LogP contribution in [0.3, 0.4) is 0 Å². The van der Waals surface area contributed by atoms with Crippen LogP contribution in [0.25, 0.3) is 0 Å². The summed E-state index contributed by atoms with van der Waals surface area (Å²) in [5.41, 5.74) is 2.20. The van der Waals surface area contributed by atoms with Gasteiger partial charge in [0.2, 0.25) is 0 Å². The summed E-state index contributed by atoms with van der Waals surface area (Å²) in [4.78, 5) is 0. The van der Waals surface area contributed by atoms with Crippen LogP contribution in [0.15, 0.2) is 24.3 Å². The molecule has 0 saturated heterocycles. The van der Waals surface area contributed by atoms with Gasteiger partial charge in [-0.15, -0.1) is 0 Å². The minimum atomic E-state index is -1.46. The molecule has 0 unspecified atom stereocenters. The van der Waals surface area contributed by atoms with E-state index in [0.29, 0.717) is 36.8 Å². The van der Waals surface area contributed by atoms with Crippen LogP contribution >= 0.6 is 0 Å². The minimum Gasteiger partial charge on any atom is -0.490 e. The molecule has 3 rings (SSSR count). The minimum absolute atomic E-state index is 0.337. The van der Waals surface area contributed by atoms with E-state index in [0.717, 1.165) is 29.7 Å². The Morgan fingerprint density at radius 3 is 2.16 bits per heavy atom. The van der Waals surface area contributed by atoms with Crippen LogP contribution in [-0.2, 0) is 6.42 Å². The zero-order valence-electron chi connectivity index (χ0n) is 14.2. The van der Waals surface area contributed by atoms with Crippen molar-refractivity contribution in [2.45, 2.75) is 26.3 Å². The van der Waals surface area contributed by atoms with Crippen LogP contribution in [-0.4, -0.2) is 19.8 Å². The predicted octanol–water partition coefficient (Wildman–Crippen LogP) is 4.14. The Balaban J connectivity index is 2.08. The molecule has 1 N–H and O–H groups in total. The summed E-state index contributed by atoms with van der Waals surface area (Å²) in [5, 5.41) is 3.23. The third-order valence-electron chi connectivity index (χ3n) is 4.20. The second-order valence-electron chi connectivity index (χ2n) is 5.80. The molecule has 0 amide bonds. The van der Waals surface area contributed by atoms with Gasteiger partial charge in [-0.2, -0.15) is 0 Å². The Labute approximate surface area is 144 Å². The molecule has 1 aliphatic rings. The second kappa shape index (κ2) is 7.35. The van der Waals surface area contributed by atoms with Gasteiger partial charge in [0.1, 0.15) is 0 Å². The number of benzene rings is 2. The maximum atomic E-state index is 13.6. The number of ether oxygens (including phenoxy) is 2. The molecule has 2 aromatic carbocycles. The third kappa shape index (κ3) is 3.44. The van der Waals surface area contributed by atoms with Gasteiger partial charge in [0.05, 0.1) is 19.3 Å². The van der Waals surface area contributed by atoms with Crippen molar-refractivity contribution in [3.8, 4) is 11.5 Å². The van der Waals surface area contributed by atoms with Crippen molar-refractivity contribution in [1.82, 2.24) is 5.32 Å². The van der Waals surface area contributed by atoms with E-state index in [1.165, 1.54) is 0 Å². The first-order valence-electron chi connectivity index (χ1n) is 8.35. The average molecular weight is 351 g/mol. The van der Waals surface area contributed by atoms with E-state index in [4.69, 9.17) is 9.47 Å². The smallest absolute Gasteiger partial charge is 0.194 e. The topological polar surface area (TPSA) is 30.5 Å². The fourth-order valence-corrected chi connectivity index (χ4v) is 3.14. The molecule has 6 heteroatoms. The Bertz CT molecular complexity index is 756. The van der Waals surface area contributed by atoms with Gasteiger partial charge in [-0.1, -0.05) is 0 Å². The van der Waals surface area contributed by atoms with E-state index >= 15 is 0 Å². The number of fused-ring (bicyclic) bond motifs is 1. The van der Waals surface area contributed by atoms with Gasteiger partial charge in [0, 0.05) is 6.54 Å². The number of halogens is 3. The molecule has 25 heavy (non-hydrogen) atoms. The summed E-state index contributed by atoms with van der Waals surface area (Å²) < 4.78 is 51.8.